The first-order valence-corrected chi connectivity index (χ1v) is 12.5. The Hall–Kier alpha value is -4.50. The van der Waals surface area contributed by atoms with Crippen LogP contribution in [0, 0.1) is 22.7 Å². The minimum Gasteiger partial charge on any atom is -0.349 e. The highest BCUT2D eigenvalue weighted by Gasteiger charge is 2.39. The van der Waals surface area contributed by atoms with Crippen LogP contribution in [0.1, 0.15) is 60.5 Å². The number of nitriles is 2. The van der Waals surface area contributed by atoms with Crippen molar-refractivity contribution in [1.82, 2.24) is 29.5 Å². The van der Waals surface area contributed by atoms with Crippen molar-refractivity contribution in [2.45, 2.75) is 77.7 Å². The van der Waals surface area contributed by atoms with Gasteiger partial charge in [0, 0.05) is 23.9 Å². The zero-order valence-corrected chi connectivity index (χ0v) is 23.5. The van der Waals surface area contributed by atoms with Crippen molar-refractivity contribution in [1.29, 1.82) is 10.5 Å². The van der Waals surface area contributed by atoms with Crippen LogP contribution in [-0.2, 0) is 17.3 Å². The topological polar surface area (TPSA) is 167 Å². The number of hydrogen-bond donors (Lipinski definition) is 2. The Morgan fingerprint density at radius 3 is 1.93 bits per heavy atom. The Balaban J connectivity index is 0.000000371. The molecule has 3 heterocycles. The van der Waals surface area contributed by atoms with E-state index >= 15 is 0 Å². The summed E-state index contributed by atoms with van der Waals surface area (Å²) in [6.45, 7) is 8.13. The molecule has 1 aliphatic rings. The smallest absolute Gasteiger partial charge is 0.349 e. The first kappa shape index (κ1) is 33.7. The summed E-state index contributed by atoms with van der Waals surface area (Å²) in [6.07, 6.45) is 0.250. The summed E-state index contributed by atoms with van der Waals surface area (Å²) in [5, 5.41) is 31.3. The third-order valence-electron chi connectivity index (χ3n) is 5.94. The summed E-state index contributed by atoms with van der Waals surface area (Å²) in [5.41, 5.74) is -4.42. The molecule has 1 fully saturated rings. The van der Waals surface area contributed by atoms with Crippen molar-refractivity contribution in [2.75, 3.05) is 10.6 Å². The summed E-state index contributed by atoms with van der Waals surface area (Å²) in [5.74, 6) is -0.435. The highest BCUT2D eigenvalue weighted by atomic mass is 35.5. The molecule has 224 valence electrons. The highest BCUT2D eigenvalue weighted by Crippen LogP contribution is 2.39. The number of hydrogen-bond acceptors (Lipinski definition) is 10. The maximum absolute atomic E-state index is 13.3. The van der Waals surface area contributed by atoms with Gasteiger partial charge in [0.05, 0.1) is 35.2 Å². The van der Waals surface area contributed by atoms with Crippen molar-refractivity contribution in [3.05, 3.63) is 62.0 Å². The number of aromatic nitrogens is 6. The van der Waals surface area contributed by atoms with Crippen LogP contribution in [-0.4, -0.2) is 35.1 Å². The van der Waals surface area contributed by atoms with Gasteiger partial charge in [-0.05, 0) is 47.5 Å². The molecule has 3 aromatic rings. The van der Waals surface area contributed by atoms with Crippen molar-refractivity contribution < 1.29 is 13.2 Å². The summed E-state index contributed by atoms with van der Waals surface area (Å²) >= 11 is 5.55. The van der Waals surface area contributed by atoms with E-state index in [0.29, 0.717) is 6.20 Å². The van der Waals surface area contributed by atoms with E-state index in [1.165, 1.54) is 26.1 Å². The van der Waals surface area contributed by atoms with Gasteiger partial charge in [-0.2, -0.15) is 38.9 Å². The van der Waals surface area contributed by atoms with E-state index in [4.69, 9.17) is 22.1 Å². The Morgan fingerprint density at radius 1 is 0.952 bits per heavy atom. The zero-order chi connectivity index (χ0) is 30.8. The fourth-order valence-electron chi connectivity index (χ4n) is 3.26. The maximum Gasteiger partial charge on any atom is 0.421 e. The Morgan fingerprint density at radius 2 is 1.48 bits per heavy atom. The van der Waals surface area contributed by atoms with Crippen molar-refractivity contribution in [2.24, 2.45) is 0 Å². The molecule has 2 N–H and O–H groups in total. The van der Waals surface area contributed by atoms with Gasteiger partial charge < -0.3 is 10.6 Å². The van der Waals surface area contributed by atoms with Gasteiger partial charge in [-0.15, -0.1) is 0 Å². The minimum atomic E-state index is -4.68. The van der Waals surface area contributed by atoms with Gasteiger partial charge in [-0.3, -0.25) is 9.59 Å². The van der Waals surface area contributed by atoms with E-state index < -0.39 is 34.2 Å². The van der Waals surface area contributed by atoms with Gasteiger partial charge in [0.2, 0.25) is 5.95 Å². The van der Waals surface area contributed by atoms with Crippen LogP contribution in [0.15, 0.2) is 40.3 Å². The maximum atomic E-state index is 13.3. The molecule has 3 aromatic heterocycles. The summed E-state index contributed by atoms with van der Waals surface area (Å²) in [7, 11) is 0. The number of nitrogens with zero attached hydrogens (tertiary/aromatic N) is 8. The lowest BCUT2D eigenvalue weighted by atomic mass is 10.1. The van der Waals surface area contributed by atoms with Gasteiger partial charge in [-0.1, -0.05) is 19.0 Å². The molecule has 0 radical (unpaired) electrons. The lowest BCUT2D eigenvalue weighted by molar-refractivity contribution is -0.137. The first-order chi connectivity index (χ1) is 18.9. The van der Waals surface area contributed by atoms with Crippen molar-refractivity contribution in [3.63, 3.8) is 0 Å². The third kappa shape index (κ3) is 8.04. The minimum absolute atomic E-state index is 0. The van der Waals surface area contributed by atoms with Gasteiger partial charge in [0.15, 0.2) is 0 Å². The lowest BCUT2D eigenvalue weighted by Gasteiger charge is -2.19. The molecule has 0 aromatic carbocycles. The van der Waals surface area contributed by atoms with Gasteiger partial charge in [0.1, 0.15) is 22.5 Å². The predicted molar refractivity (Wildman–Crippen MR) is 150 cm³/mol. The molecule has 4 rings (SSSR count). The zero-order valence-electron chi connectivity index (χ0n) is 22.7. The quantitative estimate of drug-likeness (QED) is 0.397. The molecule has 1 aliphatic carbocycles. The van der Waals surface area contributed by atoms with Crippen molar-refractivity contribution in [3.8, 4) is 12.1 Å². The van der Waals surface area contributed by atoms with Crippen LogP contribution < -0.4 is 21.8 Å². The van der Waals surface area contributed by atoms with Crippen LogP contribution in [0.25, 0.3) is 0 Å². The average molecular weight is 607 g/mol. The predicted octanol–water partition coefficient (Wildman–Crippen LogP) is 4.81. The van der Waals surface area contributed by atoms with Crippen molar-refractivity contribution >= 4 is 29.1 Å². The molecule has 42 heavy (non-hydrogen) atoms. The van der Waals surface area contributed by atoms with Gasteiger partial charge in [0.25, 0.3) is 11.1 Å². The first-order valence-electron chi connectivity index (χ1n) is 12.1. The monoisotopic (exact) mass is 606 g/mol. The summed E-state index contributed by atoms with van der Waals surface area (Å²) < 4.78 is 42.0. The molecule has 16 heteroatoms. The molecule has 0 aliphatic heterocycles. The fraction of sp³-hybridized carbons (Fsp3) is 0.462. The average Bonchev–Trinajstić information content (AvgIpc) is 3.59. The van der Waals surface area contributed by atoms with Crippen LogP contribution in [0.2, 0.25) is 5.02 Å². The molecular weight excluding hydrogens is 577 g/mol. The van der Waals surface area contributed by atoms with Crippen LogP contribution in [0.4, 0.5) is 30.6 Å². The number of nitrogens with one attached hydrogen (secondary N) is 2. The molecule has 0 amide bonds. The van der Waals surface area contributed by atoms with E-state index in [0.717, 1.165) is 34.5 Å². The molecular formula is C26H30ClF3N10O2. The normalized spacial score (nSPS) is 13.8. The van der Waals surface area contributed by atoms with E-state index in [1.807, 2.05) is 19.1 Å². The number of halogens is 4. The largest absolute Gasteiger partial charge is 0.421 e. The Kier molecular flexibility index (Phi) is 9.76. The van der Waals surface area contributed by atoms with E-state index in [9.17, 15) is 22.8 Å². The van der Waals surface area contributed by atoms with E-state index in [2.05, 4.69) is 30.8 Å². The second-order valence-electron chi connectivity index (χ2n) is 10.5. The SMILES string of the molecule is C.CC(C)(C#N)n1ncc(Cl)cc1=O.CC1(Nc2ncc(C(F)(F)F)c(Nc3cnn(C(C)(C)C#N)c(=O)c3)n2)CC1. The second kappa shape index (κ2) is 12.2. The highest BCUT2D eigenvalue weighted by molar-refractivity contribution is 6.30. The molecule has 12 nitrogen and oxygen atoms in total. The summed E-state index contributed by atoms with van der Waals surface area (Å²) in [4.78, 5) is 31.2. The number of rotatable bonds is 6. The Bertz CT molecular complexity index is 1650. The Labute approximate surface area is 244 Å². The van der Waals surface area contributed by atoms with E-state index in [1.54, 1.807) is 13.8 Å². The van der Waals surface area contributed by atoms with E-state index in [-0.39, 0.29) is 35.2 Å². The van der Waals surface area contributed by atoms with Crippen LogP contribution >= 0.6 is 11.6 Å². The standard InChI is InChI=1S/C17H18F3N7O.C8H8ClN3O.CH4/c1-15(2,9-21)27-12(28)6-10(7-23-27)24-13-11(17(18,19)20)8-22-14(25-13)26-16(3)4-5-16;1-8(2,5-10)12-7(13)3-6(9)4-11-12;/h6-8H,4-5H2,1-3H3,(H2,22,24,25,26);3-4H,1-2H3;1H4. The molecule has 1 saturated carbocycles. The molecule has 0 spiro atoms. The lowest BCUT2D eigenvalue weighted by Crippen LogP contribution is -2.36. The second-order valence-corrected chi connectivity index (χ2v) is 11.0. The van der Waals surface area contributed by atoms with Crippen LogP contribution in [0.3, 0.4) is 0 Å². The number of alkyl halides is 3. The van der Waals surface area contributed by atoms with Crippen LogP contribution in [0.5, 0.6) is 0 Å². The molecule has 0 atom stereocenters. The molecule has 0 bridgehead atoms. The fourth-order valence-corrected chi connectivity index (χ4v) is 3.40. The molecule has 0 unspecified atom stereocenters. The summed E-state index contributed by atoms with van der Waals surface area (Å²) in [6, 6.07) is 6.20. The third-order valence-corrected chi connectivity index (χ3v) is 6.15. The number of anilines is 3. The van der Waals surface area contributed by atoms with Gasteiger partial charge in [-0.25, -0.2) is 14.3 Å². The van der Waals surface area contributed by atoms with Gasteiger partial charge >= 0.3 is 6.18 Å². The molecule has 0 saturated heterocycles.